The summed E-state index contributed by atoms with van der Waals surface area (Å²) in [6.07, 6.45) is 1.48. The van der Waals surface area contributed by atoms with Crippen LogP contribution in [0.4, 0.5) is 11.4 Å². The van der Waals surface area contributed by atoms with E-state index in [4.69, 9.17) is 10.00 Å². The molecule has 0 atom stereocenters. The first-order valence-corrected chi connectivity index (χ1v) is 11.9. The SMILES string of the molecule is CN1c2cc(-c3cc(Oc4ccnc(C#N)c4)ccc3C#N)ccc2N(CC(C)(C)C)S1(=O)=O. The summed E-state index contributed by atoms with van der Waals surface area (Å²) in [6.45, 7) is 6.31. The van der Waals surface area contributed by atoms with Crippen molar-refractivity contribution in [1.29, 1.82) is 10.5 Å². The van der Waals surface area contributed by atoms with Crippen LogP contribution in [0.15, 0.2) is 54.7 Å². The summed E-state index contributed by atoms with van der Waals surface area (Å²) >= 11 is 0. The van der Waals surface area contributed by atoms with Gasteiger partial charge in [-0.25, -0.2) is 4.98 Å². The van der Waals surface area contributed by atoms with Gasteiger partial charge in [-0.05, 0) is 47.4 Å². The number of fused-ring (bicyclic) bond motifs is 1. The number of hydrogen-bond donors (Lipinski definition) is 0. The maximum Gasteiger partial charge on any atom is 0.326 e. The van der Waals surface area contributed by atoms with Gasteiger partial charge in [-0.15, -0.1) is 0 Å². The van der Waals surface area contributed by atoms with E-state index in [0.29, 0.717) is 46.1 Å². The molecule has 2 heterocycles. The molecular weight excluding hydrogens is 450 g/mol. The van der Waals surface area contributed by atoms with Crippen molar-refractivity contribution in [2.24, 2.45) is 5.41 Å². The Morgan fingerprint density at radius 2 is 1.71 bits per heavy atom. The van der Waals surface area contributed by atoms with Crippen LogP contribution in [0.25, 0.3) is 11.1 Å². The summed E-state index contributed by atoms with van der Waals surface area (Å²) in [6, 6.07) is 17.7. The van der Waals surface area contributed by atoms with Gasteiger partial charge < -0.3 is 4.74 Å². The third-order valence-corrected chi connectivity index (χ3v) is 7.10. The quantitative estimate of drug-likeness (QED) is 0.537. The second kappa shape index (κ2) is 8.36. The van der Waals surface area contributed by atoms with Gasteiger partial charge in [0.2, 0.25) is 0 Å². The lowest BCUT2D eigenvalue weighted by atomic mass is 9.96. The lowest BCUT2D eigenvalue weighted by Gasteiger charge is -2.27. The zero-order valence-electron chi connectivity index (χ0n) is 19.3. The van der Waals surface area contributed by atoms with Crippen LogP contribution in [-0.2, 0) is 10.2 Å². The predicted octanol–water partition coefficient (Wildman–Crippen LogP) is 4.83. The highest BCUT2D eigenvalue weighted by Gasteiger charge is 2.40. The highest BCUT2D eigenvalue weighted by atomic mass is 32.2. The standard InChI is InChI=1S/C25H23N5O3S/c1-25(2,3)16-30-23-8-6-17(11-24(23)29(4)34(30,31)32)22-13-20(7-5-18(22)14-26)33-21-9-10-28-19(12-21)15-27/h5-13H,16H2,1-4H3. The molecule has 0 aliphatic carbocycles. The third kappa shape index (κ3) is 4.26. The molecule has 0 radical (unpaired) electrons. The van der Waals surface area contributed by atoms with Crippen molar-refractivity contribution in [3.63, 3.8) is 0 Å². The maximum absolute atomic E-state index is 13.1. The van der Waals surface area contributed by atoms with Gasteiger partial charge in [0.05, 0.1) is 23.0 Å². The van der Waals surface area contributed by atoms with E-state index in [0.717, 1.165) is 0 Å². The van der Waals surface area contributed by atoms with Gasteiger partial charge in [-0.1, -0.05) is 26.8 Å². The van der Waals surface area contributed by atoms with E-state index in [1.54, 1.807) is 36.4 Å². The molecule has 1 aliphatic heterocycles. The molecule has 8 nitrogen and oxygen atoms in total. The monoisotopic (exact) mass is 473 g/mol. The van der Waals surface area contributed by atoms with E-state index in [1.165, 1.54) is 27.9 Å². The minimum Gasteiger partial charge on any atom is -0.457 e. The molecule has 0 bridgehead atoms. The first kappa shape index (κ1) is 23.1. The van der Waals surface area contributed by atoms with Crippen LogP contribution in [-0.4, -0.2) is 27.0 Å². The number of pyridine rings is 1. The average molecular weight is 474 g/mol. The van der Waals surface area contributed by atoms with Gasteiger partial charge >= 0.3 is 10.2 Å². The van der Waals surface area contributed by atoms with Gasteiger partial charge in [-0.2, -0.15) is 18.9 Å². The second-order valence-electron chi connectivity index (χ2n) is 9.16. The van der Waals surface area contributed by atoms with Crippen molar-refractivity contribution in [2.45, 2.75) is 20.8 Å². The average Bonchev–Trinajstić information content (AvgIpc) is 2.98. The topological polar surface area (TPSA) is 110 Å². The van der Waals surface area contributed by atoms with Crippen LogP contribution in [0, 0.1) is 28.1 Å². The van der Waals surface area contributed by atoms with Crippen LogP contribution in [0.3, 0.4) is 0 Å². The minimum absolute atomic E-state index is 0.230. The first-order chi connectivity index (χ1) is 16.0. The highest BCUT2D eigenvalue weighted by Crippen LogP contribution is 2.44. The van der Waals surface area contributed by atoms with Gasteiger partial charge in [0.15, 0.2) is 0 Å². The van der Waals surface area contributed by atoms with Gasteiger partial charge in [0, 0.05) is 31.4 Å². The molecule has 1 aromatic heterocycles. The van der Waals surface area contributed by atoms with E-state index in [9.17, 15) is 13.7 Å². The molecule has 0 unspecified atom stereocenters. The Hall–Kier alpha value is -4.08. The molecule has 0 N–H and O–H groups in total. The fourth-order valence-corrected chi connectivity index (χ4v) is 5.39. The number of rotatable bonds is 4. The fourth-order valence-electron chi connectivity index (χ4n) is 3.74. The molecule has 0 saturated carbocycles. The molecule has 0 saturated heterocycles. The molecule has 9 heteroatoms. The third-order valence-electron chi connectivity index (χ3n) is 5.33. The van der Waals surface area contributed by atoms with Crippen molar-refractivity contribution < 1.29 is 13.2 Å². The Labute approximate surface area is 199 Å². The molecule has 0 amide bonds. The Morgan fingerprint density at radius 1 is 0.971 bits per heavy atom. The Balaban J connectivity index is 1.76. The van der Waals surface area contributed by atoms with Crippen LogP contribution in [0.5, 0.6) is 11.5 Å². The molecule has 34 heavy (non-hydrogen) atoms. The number of aromatic nitrogens is 1. The summed E-state index contributed by atoms with van der Waals surface area (Å²) in [7, 11) is -2.15. The van der Waals surface area contributed by atoms with Gasteiger partial charge in [0.1, 0.15) is 23.3 Å². The molecule has 4 rings (SSSR count). The number of ether oxygens (including phenoxy) is 1. The predicted molar refractivity (Wildman–Crippen MR) is 130 cm³/mol. The summed E-state index contributed by atoms with van der Waals surface area (Å²) in [5.41, 5.74) is 2.87. The van der Waals surface area contributed by atoms with E-state index in [2.05, 4.69) is 11.1 Å². The summed E-state index contributed by atoms with van der Waals surface area (Å²) < 4.78 is 34.7. The largest absolute Gasteiger partial charge is 0.457 e. The molecule has 2 aromatic carbocycles. The lowest BCUT2D eigenvalue weighted by Crippen LogP contribution is -2.40. The Morgan fingerprint density at radius 3 is 2.38 bits per heavy atom. The first-order valence-electron chi connectivity index (χ1n) is 10.5. The van der Waals surface area contributed by atoms with Gasteiger partial charge in [0.25, 0.3) is 0 Å². The number of benzene rings is 2. The molecule has 172 valence electrons. The van der Waals surface area contributed by atoms with Crippen LogP contribution in [0.2, 0.25) is 0 Å². The maximum atomic E-state index is 13.1. The van der Waals surface area contributed by atoms with Crippen molar-refractivity contribution >= 4 is 21.6 Å². The van der Waals surface area contributed by atoms with E-state index < -0.39 is 10.2 Å². The Kier molecular flexibility index (Phi) is 5.68. The summed E-state index contributed by atoms with van der Waals surface area (Å²) in [5, 5.41) is 18.7. The molecule has 0 spiro atoms. The summed E-state index contributed by atoms with van der Waals surface area (Å²) in [5.74, 6) is 0.916. The fraction of sp³-hybridized carbons (Fsp3) is 0.240. The second-order valence-corrected chi connectivity index (χ2v) is 11.0. The zero-order valence-corrected chi connectivity index (χ0v) is 20.1. The zero-order chi connectivity index (χ0) is 24.7. The normalized spacial score (nSPS) is 14.3. The van der Waals surface area contributed by atoms with Crippen molar-refractivity contribution in [3.8, 4) is 34.8 Å². The molecular formula is C25H23N5O3S. The van der Waals surface area contributed by atoms with Crippen molar-refractivity contribution in [1.82, 2.24) is 4.98 Å². The van der Waals surface area contributed by atoms with Crippen molar-refractivity contribution in [2.75, 3.05) is 22.2 Å². The van der Waals surface area contributed by atoms with E-state index >= 15 is 0 Å². The van der Waals surface area contributed by atoms with E-state index in [1.807, 2.05) is 32.9 Å². The van der Waals surface area contributed by atoms with Crippen LogP contribution >= 0.6 is 0 Å². The van der Waals surface area contributed by atoms with Crippen molar-refractivity contribution in [3.05, 3.63) is 66.0 Å². The summed E-state index contributed by atoms with van der Waals surface area (Å²) in [4.78, 5) is 3.93. The number of anilines is 2. The molecule has 1 aliphatic rings. The molecule has 3 aromatic rings. The number of nitrogens with zero attached hydrogens (tertiary/aromatic N) is 5. The Bertz CT molecular complexity index is 1460. The smallest absolute Gasteiger partial charge is 0.326 e. The van der Waals surface area contributed by atoms with Crippen LogP contribution < -0.4 is 13.3 Å². The van der Waals surface area contributed by atoms with Gasteiger partial charge in [-0.3, -0.25) is 8.61 Å². The number of hydrogen-bond acceptors (Lipinski definition) is 6. The number of nitriles is 2. The highest BCUT2D eigenvalue weighted by molar-refractivity contribution is 7.94. The van der Waals surface area contributed by atoms with Crippen LogP contribution in [0.1, 0.15) is 32.0 Å². The molecule has 0 fully saturated rings. The minimum atomic E-state index is -3.68. The van der Waals surface area contributed by atoms with E-state index in [-0.39, 0.29) is 11.1 Å². The lowest BCUT2D eigenvalue weighted by molar-refractivity contribution is 0.427.